The van der Waals surface area contributed by atoms with E-state index in [1.54, 1.807) is 0 Å². The molecule has 1 saturated carbocycles. The van der Waals surface area contributed by atoms with Crippen LogP contribution in [0.25, 0.3) is 0 Å². The molecule has 0 amide bonds. The summed E-state index contributed by atoms with van der Waals surface area (Å²) in [6, 6.07) is 0.825. The molecule has 3 fully saturated rings. The predicted octanol–water partition coefficient (Wildman–Crippen LogP) is 2.16. The Balaban J connectivity index is 1.61. The molecule has 5 unspecified atom stereocenters. The van der Waals surface area contributed by atoms with Gasteiger partial charge in [-0.05, 0) is 56.8 Å². The molecular formula is C17H33N2+. The normalized spacial score (nSPS) is 48.2. The molecule has 5 atom stereocenters. The average Bonchev–Trinajstić information content (AvgIpc) is 2.65. The first-order valence-electron chi connectivity index (χ1n) is 8.73. The Hall–Kier alpha value is -0.0800. The Kier molecular flexibility index (Phi) is 4.19. The van der Waals surface area contributed by atoms with Gasteiger partial charge in [0.25, 0.3) is 0 Å². The van der Waals surface area contributed by atoms with Crippen molar-refractivity contribution in [2.45, 2.75) is 71.5 Å². The zero-order valence-electron chi connectivity index (χ0n) is 13.2. The quantitative estimate of drug-likeness (QED) is 0.804. The maximum atomic E-state index is 2.89. The Bertz CT molecular complexity index is 294. The smallest absolute Gasteiger partial charge is 0.144 e. The largest absolute Gasteiger partial charge is 0.319 e. The number of fused-ring (bicyclic) bond motifs is 1. The molecule has 0 spiro atoms. The summed E-state index contributed by atoms with van der Waals surface area (Å²) in [6.45, 7) is 11.6. The molecule has 2 aliphatic heterocycles. The summed E-state index contributed by atoms with van der Waals surface area (Å²) in [5, 5.41) is 0. The molecular weight excluding hydrogens is 232 g/mol. The van der Waals surface area contributed by atoms with Crippen LogP contribution in [0.15, 0.2) is 0 Å². The topological polar surface area (TPSA) is 7.68 Å². The maximum Gasteiger partial charge on any atom is 0.144 e. The van der Waals surface area contributed by atoms with E-state index in [-0.39, 0.29) is 0 Å². The van der Waals surface area contributed by atoms with Crippen molar-refractivity contribution in [2.24, 2.45) is 17.8 Å². The van der Waals surface area contributed by atoms with E-state index in [2.05, 4.69) is 25.7 Å². The summed E-state index contributed by atoms with van der Waals surface area (Å²) < 4.78 is 0. The summed E-state index contributed by atoms with van der Waals surface area (Å²) in [4.78, 5) is 4.79. The van der Waals surface area contributed by atoms with Crippen molar-refractivity contribution in [3.05, 3.63) is 0 Å². The van der Waals surface area contributed by atoms with E-state index >= 15 is 0 Å². The minimum atomic E-state index is 0.825. The number of hydrogen-bond acceptors (Lipinski definition) is 1. The summed E-state index contributed by atoms with van der Waals surface area (Å²) in [7, 11) is 0. The molecule has 3 rings (SSSR count). The molecule has 1 aliphatic carbocycles. The second-order valence-corrected chi connectivity index (χ2v) is 7.95. The van der Waals surface area contributed by atoms with Gasteiger partial charge in [-0.25, -0.2) is 4.90 Å². The Morgan fingerprint density at radius 3 is 2.47 bits per heavy atom. The second kappa shape index (κ2) is 5.73. The van der Waals surface area contributed by atoms with E-state index in [0.717, 1.165) is 30.0 Å². The van der Waals surface area contributed by atoms with Crippen LogP contribution in [0.1, 0.15) is 59.3 Å². The van der Waals surface area contributed by atoms with Gasteiger partial charge in [0.05, 0.1) is 19.1 Å². The van der Waals surface area contributed by atoms with E-state index in [9.17, 15) is 0 Å². The van der Waals surface area contributed by atoms with Crippen molar-refractivity contribution in [1.82, 2.24) is 4.90 Å². The van der Waals surface area contributed by atoms with Gasteiger partial charge in [-0.1, -0.05) is 13.8 Å². The molecule has 1 N–H and O–H groups in total. The van der Waals surface area contributed by atoms with Gasteiger partial charge in [-0.15, -0.1) is 0 Å². The molecule has 0 bridgehead atoms. The molecule has 0 aromatic heterocycles. The summed E-state index contributed by atoms with van der Waals surface area (Å²) in [5.74, 6) is 2.89. The van der Waals surface area contributed by atoms with E-state index in [1.165, 1.54) is 58.2 Å². The number of piperidine rings is 1. The Morgan fingerprint density at radius 1 is 1.00 bits per heavy atom. The van der Waals surface area contributed by atoms with Crippen LogP contribution in [0.4, 0.5) is 0 Å². The lowest BCUT2D eigenvalue weighted by molar-refractivity contribution is -0.924. The van der Waals surface area contributed by atoms with E-state index in [0.29, 0.717) is 0 Å². The molecule has 0 radical (unpaired) electrons. The molecule has 2 heterocycles. The van der Waals surface area contributed by atoms with E-state index in [1.807, 2.05) is 4.90 Å². The molecule has 0 aromatic carbocycles. The predicted molar refractivity (Wildman–Crippen MR) is 80.2 cm³/mol. The molecule has 2 saturated heterocycles. The first-order chi connectivity index (χ1) is 9.13. The van der Waals surface area contributed by atoms with Gasteiger partial charge in [-0.2, -0.15) is 0 Å². The lowest BCUT2D eigenvalue weighted by atomic mass is 9.76. The minimum absolute atomic E-state index is 0.825. The molecule has 2 heteroatoms. The van der Waals surface area contributed by atoms with Crippen LogP contribution in [0.3, 0.4) is 0 Å². The summed E-state index contributed by atoms with van der Waals surface area (Å²) in [6.07, 6.45) is 9.69. The fourth-order valence-corrected chi connectivity index (χ4v) is 5.37. The van der Waals surface area contributed by atoms with Crippen molar-refractivity contribution in [3.63, 3.8) is 0 Å². The van der Waals surface area contributed by atoms with Gasteiger partial charge in [0.2, 0.25) is 0 Å². The van der Waals surface area contributed by atoms with E-state index in [4.69, 9.17) is 0 Å². The van der Waals surface area contributed by atoms with E-state index < -0.39 is 0 Å². The highest BCUT2D eigenvalue weighted by molar-refractivity contribution is 4.83. The van der Waals surface area contributed by atoms with Crippen LogP contribution in [0, 0.1) is 17.8 Å². The highest BCUT2D eigenvalue weighted by Gasteiger charge is 2.43. The van der Waals surface area contributed by atoms with Crippen LogP contribution in [0.2, 0.25) is 0 Å². The van der Waals surface area contributed by atoms with Gasteiger partial charge in [0.1, 0.15) is 6.17 Å². The molecule has 0 aromatic rings. The Morgan fingerprint density at radius 2 is 1.74 bits per heavy atom. The van der Waals surface area contributed by atoms with Crippen LogP contribution in [-0.4, -0.2) is 36.7 Å². The van der Waals surface area contributed by atoms with Crippen LogP contribution >= 0.6 is 0 Å². The lowest BCUT2D eigenvalue weighted by Crippen LogP contribution is -3.15. The maximum absolute atomic E-state index is 2.89. The fourth-order valence-electron chi connectivity index (χ4n) is 5.37. The van der Waals surface area contributed by atoms with Crippen molar-refractivity contribution < 1.29 is 4.90 Å². The van der Waals surface area contributed by atoms with Gasteiger partial charge in [0, 0.05) is 13.0 Å². The summed E-state index contributed by atoms with van der Waals surface area (Å²) >= 11 is 0. The zero-order chi connectivity index (χ0) is 13.4. The van der Waals surface area contributed by atoms with Gasteiger partial charge in [0.15, 0.2) is 0 Å². The number of rotatable bonds is 2. The third-order valence-corrected chi connectivity index (χ3v) is 5.97. The third-order valence-electron chi connectivity index (χ3n) is 5.97. The van der Waals surface area contributed by atoms with Gasteiger partial charge >= 0.3 is 0 Å². The van der Waals surface area contributed by atoms with Gasteiger partial charge in [-0.3, -0.25) is 0 Å². The highest BCUT2D eigenvalue weighted by atomic mass is 15.4. The van der Waals surface area contributed by atoms with Crippen molar-refractivity contribution >= 4 is 0 Å². The zero-order valence-corrected chi connectivity index (χ0v) is 13.2. The SMILES string of the molecule is CC1CC(C)CC(CN2C(C)C[NH+]3CCCCC23)C1. The third kappa shape index (κ3) is 3.00. The van der Waals surface area contributed by atoms with Crippen molar-refractivity contribution in [2.75, 3.05) is 19.6 Å². The van der Waals surface area contributed by atoms with Crippen LogP contribution in [0.5, 0.6) is 0 Å². The standard InChI is InChI=1S/C17H32N2/c1-13-8-14(2)10-16(9-13)12-19-15(3)11-18-7-5-4-6-17(18)19/h13-17H,4-12H2,1-3H3/p+1. The minimum Gasteiger partial charge on any atom is -0.319 e. The molecule has 19 heavy (non-hydrogen) atoms. The molecule has 3 aliphatic rings. The molecule has 2 nitrogen and oxygen atoms in total. The fraction of sp³-hybridized carbons (Fsp3) is 1.00. The average molecular weight is 265 g/mol. The van der Waals surface area contributed by atoms with Crippen LogP contribution in [-0.2, 0) is 0 Å². The first kappa shape index (κ1) is 13.9. The van der Waals surface area contributed by atoms with Gasteiger partial charge < -0.3 is 4.90 Å². The number of quaternary nitrogens is 1. The van der Waals surface area contributed by atoms with Crippen molar-refractivity contribution in [1.29, 1.82) is 0 Å². The second-order valence-electron chi connectivity index (χ2n) is 7.95. The summed E-state index contributed by atoms with van der Waals surface area (Å²) in [5.41, 5.74) is 0. The number of nitrogens with zero attached hydrogens (tertiary/aromatic N) is 1. The highest BCUT2D eigenvalue weighted by Crippen LogP contribution is 2.34. The van der Waals surface area contributed by atoms with Crippen LogP contribution < -0.4 is 4.90 Å². The Labute approximate surface area is 119 Å². The monoisotopic (exact) mass is 265 g/mol. The first-order valence-corrected chi connectivity index (χ1v) is 8.73. The lowest BCUT2D eigenvalue weighted by Gasteiger charge is -2.37. The number of nitrogens with one attached hydrogen (secondary N) is 1. The number of hydrogen-bond donors (Lipinski definition) is 1. The van der Waals surface area contributed by atoms with Crippen molar-refractivity contribution in [3.8, 4) is 0 Å². The molecule has 110 valence electrons.